The summed E-state index contributed by atoms with van der Waals surface area (Å²) in [4.78, 5) is 6.86. The van der Waals surface area contributed by atoms with E-state index in [1.165, 1.54) is 44.9 Å². The fourth-order valence-corrected chi connectivity index (χ4v) is 3.13. The fraction of sp³-hybridized carbons (Fsp3) is 0.929. The molecule has 0 aromatic carbocycles. The number of hydrogen-bond donors (Lipinski definition) is 1. The van der Waals surface area contributed by atoms with E-state index in [-0.39, 0.29) is 24.0 Å². The summed E-state index contributed by atoms with van der Waals surface area (Å²) in [6.45, 7) is 2.99. The zero-order chi connectivity index (χ0) is 12.8. The molecule has 2 fully saturated rings. The van der Waals surface area contributed by atoms with Crippen LogP contribution in [0.1, 0.15) is 44.9 Å². The predicted octanol–water partition coefficient (Wildman–Crippen LogP) is 2.61. The molecule has 0 radical (unpaired) electrons. The van der Waals surface area contributed by atoms with Gasteiger partial charge in [0.05, 0.1) is 6.10 Å². The van der Waals surface area contributed by atoms with Crippen LogP contribution in [-0.2, 0) is 4.74 Å². The van der Waals surface area contributed by atoms with E-state index in [1.54, 1.807) is 0 Å². The van der Waals surface area contributed by atoms with Crippen molar-refractivity contribution in [3.63, 3.8) is 0 Å². The Kier molecular flexibility index (Phi) is 8.06. The summed E-state index contributed by atoms with van der Waals surface area (Å²) >= 11 is 0. The Morgan fingerprint density at radius 1 is 1.16 bits per heavy atom. The van der Waals surface area contributed by atoms with Crippen LogP contribution in [0.4, 0.5) is 0 Å². The lowest BCUT2D eigenvalue weighted by Gasteiger charge is -2.22. The number of nitrogens with zero attached hydrogens (tertiary/aromatic N) is 2. The maximum absolute atomic E-state index is 6.12. The minimum Gasteiger partial charge on any atom is -0.381 e. The maximum atomic E-state index is 6.12. The predicted molar refractivity (Wildman–Crippen MR) is 90.1 cm³/mol. The molecule has 0 spiro atoms. The van der Waals surface area contributed by atoms with Crippen LogP contribution >= 0.6 is 24.0 Å². The van der Waals surface area contributed by atoms with E-state index in [1.807, 2.05) is 7.11 Å². The second kappa shape index (κ2) is 9.00. The second-order valence-corrected chi connectivity index (χ2v) is 5.57. The van der Waals surface area contributed by atoms with E-state index < -0.39 is 0 Å². The molecule has 2 atom stereocenters. The van der Waals surface area contributed by atoms with E-state index in [0.29, 0.717) is 12.0 Å². The van der Waals surface area contributed by atoms with Crippen molar-refractivity contribution in [1.29, 1.82) is 0 Å². The summed E-state index contributed by atoms with van der Waals surface area (Å²) in [5, 5.41) is 0. The van der Waals surface area contributed by atoms with Gasteiger partial charge in [0, 0.05) is 32.7 Å². The minimum absolute atomic E-state index is 0. The SMILES string of the molecule is COC1CCCC1CN=C(N)N1CCCCCC1.I. The van der Waals surface area contributed by atoms with Gasteiger partial charge in [-0.2, -0.15) is 0 Å². The molecule has 2 unspecified atom stereocenters. The largest absolute Gasteiger partial charge is 0.381 e. The van der Waals surface area contributed by atoms with Gasteiger partial charge in [0.1, 0.15) is 0 Å². The molecule has 112 valence electrons. The van der Waals surface area contributed by atoms with Crippen molar-refractivity contribution >= 4 is 29.9 Å². The Hall–Kier alpha value is -0.0400. The first-order valence-corrected chi connectivity index (χ1v) is 7.39. The summed E-state index contributed by atoms with van der Waals surface area (Å²) in [7, 11) is 1.81. The Balaban J connectivity index is 0.00000180. The average Bonchev–Trinajstić information content (AvgIpc) is 2.67. The van der Waals surface area contributed by atoms with Gasteiger partial charge in [-0.05, 0) is 25.7 Å². The summed E-state index contributed by atoms with van der Waals surface area (Å²) in [5.74, 6) is 1.32. The lowest BCUT2D eigenvalue weighted by molar-refractivity contribution is 0.0742. The smallest absolute Gasteiger partial charge is 0.191 e. The van der Waals surface area contributed by atoms with Crippen molar-refractivity contribution in [2.45, 2.75) is 51.0 Å². The molecule has 2 N–H and O–H groups in total. The molecular weight excluding hydrogens is 353 g/mol. The Morgan fingerprint density at radius 3 is 2.47 bits per heavy atom. The van der Waals surface area contributed by atoms with Crippen LogP contribution < -0.4 is 5.73 Å². The first-order valence-electron chi connectivity index (χ1n) is 7.39. The summed E-state index contributed by atoms with van der Waals surface area (Å²) < 4.78 is 5.50. The number of likely N-dealkylation sites (tertiary alicyclic amines) is 1. The van der Waals surface area contributed by atoms with Crippen molar-refractivity contribution in [3.05, 3.63) is 0 Å². The molecule has 1 aliphatic heterocycles. The van der Waals surface area contributed by atoms with Gasteiger partial charge < -0.3 is 15.4 Å². The lowest BCUT2D eigenvalue weighted by atomic mass is 10.1. The third-order valence-corrected chi connectivity index (χ3v) is 4.31. The van der Waals surface area contributed by atoms with Crippen molar-refractivity contribution < 1.29 is 4.74 Å². The van der Waals surface area contributed by atoms with Crippen LogP contribution in [0.3, 0.4) is 0 Å². The standard InChI is InChI=1S/C14H27N3O.HI/c1-18-13-8-6-7-12(13)11-16-14(15)17-9-4-2-3-5-10-17;/h12-13H,2-11H2,1H3,(H2,15,16);1H. The quantitative estimate of drug-likeness (QED) is 0.465. The van der Waals surface area contributed by atoms with Crippen molar-refractivity contribution in [1.82, 2.24) is 4.90 Å². The molecule has 2 aliphatic rings. The number of rotatable bonds is 3. The van der Waals surface area contributed by atoms with Crippen molar-refractivity contribution in [2.75, 3.05) is 26.7 Å². The summed E-state index contributed by atoms with van der Waals surface area (Å²) in [5.41, 5.74) is 6.12. The number of aliphatic imine (C=N–C) groups is 1. The average molecular weight is 381 g/mol. The molecule has 5 heteroatoms. The number of guanidine groups is 1. The third kappa shape index (κ3) is 5.10. The van der Waals surface area contributed by atoms with E-state index in [0.717, 1.165) is 25.6 Å². The highest BCUT2D eigenvalue weighted by atomic mass is 127. The number of halogens is 1. The molecule has 1 saturated carbocycles. The van der Waals surface area contributed by atoms with E-state index >= 15 is 0 Å². The molecule has 2 rings (SSSR count). The minimum atomic E-state index is 0. The van der Waals surface area contributed by atoms with E-state index in [9.17, 15) is 0 Å². The zero-order valence-corrected chi connectivity index (χ0v) is 14.3. The number of hydrogen-bond acceptors (Lipinski definition) is 2. The summed E-state index contributed by atoms with van der Waals surface area (Å²) in [6, 6.07) is 0. The van der Waals surface area contributed by atoms with Crippen molar-refractivity contribution in [2.24, 2.45) is 16.6 Å². The van der Waals surface area contributed by atoms with Gasteiger partial charge in [0.2, 0.25) is 0 Å². The highest BCUT2D eigenvalue weighted by Crippen LogP contribution is 2.28. The topological polar surface area (TPSA) is 50.9 Å². The number of methoxy groups -OCH3 is 1. The third-order valence-electron chi connectivity index (χ3n) is 4.31. The fourth-order valence-electron chi connectivity index (χ4n) is 3.13. The molecule has 0 aromatic heterocycles. The molecule has 0 amide bonds. The van der Waals surface area contributed by atoms with E-state index in [4.69, 9.17) is 10.5 Å². The van der Waals surface area contributed by atoms with Crippen molar-refractivity contribution in [3.8, 4) is 0 Å². The van der Waals surface area contributed by atoms with E-state index in [2.05, 4.69) is 9.89 Å². The molecule has 0 aromatic rings. The Morgan fingerprint density at radius 2 is 1.84 bits per heavy atom. The molecular formula is C14H28IN3O. The molecule has 1 aliphatic carbocycles. The molecule has 4 nitrogen and oxygen atoms in total. The monoisotopic (exact) mass is 381 g/mol. The van der Waals surface area contributed by atoms with Crippen LogP contribution in [0.25, 0.3) is 0 Å². The lowest BCUT2D eigenvalue weighted by Crippen LogP contribution is -2.38. The van der Waals surface area contributed by atoms with Gasteiger partial charge in [0.25, 0.3) is 0 Å². The van der Waals surface area contributed by atoms with Gasteiger partial charge in [0.15, 0.2) is 5.96 Å². The highest BCUT2D eigenvalue weighted by Gasteiger charge is 2.26. The molecule has 19 heavy (non-hydrogen) atoms. The second-order valence-electron chi connectivity index (χ2n) is 5.57. The molecule has 1 saturated heterocycles. The number of nitrogens with two attached hydrogens (primary N) is 1. The van der Waals surface area contributed by atoms with Crippen LogP contribution in [0, 0.1) is 5.92 Å². The van der Waals surface area contributed by atoms with Crippen LogP contribution in [-0.4, -0.2) is 43.7 Å². The maximum Gasteiger partial charge on any atom is 0.191 e. The van der Waals surface area contributed by atoms with Crippen LogP contribution in [0.5, 0.6) is 0 Å². The first kappa shape index (κ1) is 17.0. The normalized spacial score (nSPS) is 28.9. The first-order chi connectivity index (χ1) is 8.81. The Labute approximate surface area is 134 Å². The van der Waals surface area contributed by atoms with Crippen LogP contribution in [0.2, 0.25) is 0 Å². The molecule has 1 heterocycles. The Bertz CT molecular complexity index is 278. The highest BCUT2D eigenvalue weighted by molar-refractivity contribution is 14.0. The van der Waals surface area contributed by atoms with Gasteiger partial charge in [-0.1, -0.05) is 19.3 Å². The van der Waals surface area contributed by atoms with Gasteiger partial charge in [-0.25, -0.2) is 0 Å². The number of ether oxygens (including phenoxy) is 1. The molecule has 0 bridgehead atoms. The van der Waals surface area contributed by atoms with Gasteiger partial charge in [-0.3, -0.25) is 4.99 Å². The van der Waals surface area contributed by atoms with Crippen LogP contribution in [0.15, 0.2) is 4.99 Å². The summed E-state index contributed by atoms with van der Waals surface area (Å²) in [6.07, 6.45) is 9.24. The van der Waals surface area contributed by atoms with Gasteiger partial charge >= 0.3 is 0 Å². The van der Waals surface area contributed by atoms with Gasteiger partial charge in [-0.15, -0.1) is 24.0 Å². The zero-order valence-electron chi connectivity index (χ0n) is 12.0.